The summed E-state index contributed by atoms with van der Waals surface area (Å²) in [6.45, 7) is 2.45. The molecule has 144 valence electrons. The van der Waals surface area contributed by atoms with Crippen molar-refractivity contribution in [1.82, 2.24) is 14.7 Å². The summed E-state index contributed by atoms with van der Waals surface area (Å²) in [6.07, 6.45) is 2.56. The lowest BCUT2D eigenvalue weighted by atomic mass is 10.0. The zero-order valence-corrected chi connectivity index (χ0v) is 15.4. The molecule has 0 aliphatic carbocycles. The highest BCUT2D eigenvalue weighted by atomic mass is 19.1. The number of hydrogen-bond donors (Lipinski definition) is 0. The van der Waals surface area contributed by atoms with E-state index in [-0.39, 0.29) is 24.2 Å². The fourth-order valence-corrected chi connectivity index (χ4v) is 4.07. The third-order valence-electron chi connectivity index (χ3n) is 5.52. The lowest BCUT2D eigenvalue weighted by Crippen LogP contribution is -2.60. The van der Waals surface area contributed by atoms with Gasteiger partial charge in [-0.1, -0.05) is 0 Å². The Hall–Kier alpha value is -2.68. The molecule has 2 aliphatic heterocycles. The molecule has 0 saturated carbocycles. The van der Waals surface area contributed by atoms with Gasteiger partial charge in [0.1, 0.15) is 6.67 Å². The molecule has 0 N–H and O–H groups in total. The molecule has 1 saturated heterocycles. The van der Waals surface area contributed by atoms with Crippen molar-refractivity contribution in [3.63, 3.8) is 0 Å². The Morgan fingerprint density at radius 2 is 2.15 bits per heavy atom. The van der Waals surface area contributed by atoms with E-state index in [1.54, 1.807) is 18.3 Å². The third kappa shape index (κ3) is 2.91. The van der Waals surface area contributed by atoms with E-state index >= 15 is 0 Å². The van der Waals surface area contributed by atoms with Crippen LogP contribution in [0.2, 0.25) is 0 Å². The van der Waals surface area contributed by atoms with Gasteiger partial charge in [0.15, 0.2) is 5.75 Å². The summed E-state index contributed by atoms with van der Waals surface area (Å²) in [7, 11) is 3.33. The highest BCUT2D eigenvalue weighted by molar-refractivity contribution is 5.85. The van der Waals surface area contributed by atoms with Crippen molar-refractivity contribution in [2.75, 3.05) is 44.9 Å². The predicted molar refractivity (Wildman–Crippen MR) is 99.1 cm³/mol. The van der Waals surface area contributed by atoms with Gasteiger partial charge >= 0.3 is 5.69 Å². The molecule has 0 atom stereocenters. The number of nitro groups is 1. The van der Waals surface area contributed by atoms with Gasteiger partial charge < -0.3 is 9.64 Å². The van der Waals surface area contributed by atoms with Crippen molar-refractivity contribution >= 4 is 11.4 Å². The summed E-state index contributed by atoms with van der Waals surface area (Å²) in [5.41, 5.74) is 3.63. The molecule has 9 heteroatoms. The van der Waals surface area contributed by atoms with Crippen LogP contribution in [0.3, 0.4) is 0 Å². The number of halogens is 1. The second kappa shape index (κ2) is 6.80. The minimum absolute atomic E-state index is 0.0550. The number of ether oxygens (including phenoxy) is 1. The van der Waals surface area contributed by atoms with Gasteiger partial charge in [-0.05, 0) is 0 Å². The first-order chi connectivity index (χ1) is 13.0. The van der Waals surface area contributed by atoms with Crippen molar-refractivity contribution < 1.29 is 14.1 Å². The number of nitro benzene ring substituents is 1. The summed E-state index contributed by atoms with van der Waals surface area (Å²) in [6, 6.07) is 3.60. The number of alkyl halides is 1. The number of fused-ring (bicyclic) bond motifs is 3. The summed E-state index contributed by atoms with van der Waals surface area (Å²) in [5, 5.41) is 15.9. The van der Waals surface area contributed by atoms with Crippen LogP contribution in [0.1, 0.15) is 5.69 Å². The van der Waals surface area contributed by atoms with E-state index < -0.39 is 4.92 Å². The van der Waals surface area contributed by atoms with Gasteiger partial charge in [0, 0.05) is 74.3 Å². The highest BCUT2D eigenvalue weighted by Gasteiger charge is 2.36. The minimum atomic E-state index is -0.420. The number of likely N-dealkylation sites (tertiary alicyclic amines) is 1. The van der Waals surface area contributed by atoms with Gasteiger partial charge in [0.2, 0.25) is 0 Å². The zero-order chi connectivity index (χ0) is 19.1. The zero-order valence-electron chi connectivity index (χ0n) is 15.4. The van der Waals surface area contributed by atoms with Crippen LogP contribution in [-0.4, -0.2) is 65.6 Å². The lowest BCUT2D eigenvalue weighted by Gasteiger charge is -2.46. The quantitative estimate of drug-likeness (QED) is 0.588. The van der Waals surface area contributed by atoms with Crippen LogP contribution in [0, 0.1) is 10.1 Å². The molecule has 1 fully saturated rings. The maximum absolute atomic E-state index is 12.6. The van der Waals surface area contributed by atoms with E-state index in [4.69, 9.17) is 4.74 Å². The maximum atomic E-state index is 12.6. The van der Waals surface area contributed by atoms with Crippen LogP contribution in [0.15, 0.2) is 18.3 Å². The van der Waals surface area contributed by atoms with Crippen LogP contribution >= 0.6 is 0 Å². The first-order valence-electron chi connectivity index (χ1n) is 8.96. The average molecular weight is 375 g/mol. The van der Waals surface area contributed by atoms with E-state index in [0.29, 0.717) is 6.54 Å². The molecule has 0 amide bonds. The first kappa shape index (κ1) is 17.7. The monoisotopic (exact) mass is 375 g/mol. The fraction of sp³-hybridized carbons (Fsp3) is 0.500. The van der Waals surface area contributed by atoms with Crippen molar-refractivity contribution in [2.24, 2.45) is 7.05 Å². The number of aryl methyl sites for hydroxylation is 1. The predicted octanol–water partition coefficient (Wildman–Crippen LogP) is 2.02. The highest BCUT2D eigenvalue weighted by Crippen LogP contribution is 2.44. The van der Waals surface area contributed by atoms with E-state index in [9.17, 15) is 14.5 Å². The summed E-state index contributed by atoms with van der Waals surface area (Å²) >= 11 is 0. The molecule has 2 aromatic rings. The van der Waals surface area contributed by atoms with Gasteiger partial charge in [-0.3, -0.25) is 19.7 Å². The standard InChI is InChI=1S/C18H22FN5O3/c1-21-15-3-5-23(12-10-22(11-12)6-4-19)16-8-18(27-2)17(24(25)26)7-13(16)14(15)9-20-21/h7-9,12H,3-6,10-11H2,1-2H3. The molecule has 8 nitrogen and oxygen atoms in total. The largest absolute Gasteiger partial charge is 0.490 e. The van der Waals surface area contributed by atoms with Crippen LogP contribution in [0.5, 0.6) is 5.75 Å². The van der Waals surface area contributed by atoms with Crippen molar-refractivity contribution in [2.45, 2.75) is 12.5 Å². The van der Waals surface area contributed by atoms with E-state index in [1.165, 1.54) is 7.11 Å². The van der Waals surface area contributed by atoms with Crippen LogP contribution < -0.4 is 9.64 Å². The molecular formula is C18H22FN5O3. The lowest BCUT2D eigenvalue weighted by molar-refractivity contribution is -0.385. The Balaban J connectivity index is 1.80. The molecule has 0 radical (unpaired) electrons. The molecule has 1 aromatic carbocycles. The molecule has 27 heavy (non-hydrogen) atoms. The summed E-state index contributed by atoms with van der Waals surface area (Å²) < 4.78 is 19.7. The van der Waals surface area contributed by atoms with Gasteiger partial charge in [-0.15, -0.1) is 0 Å². The molecule has 1 aromatic heterocycles. The Labute approximate surface area is 156 Å². The number of nitrogens with zero attached hydrogens (tertiary/aromatic N) is 5. The number of anilines is 1. The number of hydrogen-bond acceptors (Lipinski definition) is 6. The maximum Gasteiger partial charge on any atom is 0.311 e. The van der Waals surface area contributed by atoms with Crippen LogP contribution in [-0.2, 0) is 13.5 Å². The first-order valence-corrected chi connectivity index (χ1v) is 8.96. The molecule has 4 rings (SSSR count). The second-order valence-corrected chi connectivity index (χ2v) is 6.97. The van der Waals surface area contributed by atoms with Crippen LogP contribution in [0.25, 0.3) is 11.1 Å². The smallest absolute Gasteiger partial charge is 0.311 e. The van der Waals surface area contributed by atoms with Crippen molar-refractivity contribution in [1.29, 1.82) is 0 Å². The van der Waals surface area contributed by atoms with Gasteiger partial charge in [-0.25, -0.2) is 4.39 Å². The molecule has 2 aliphatic rings. The Morgan fingerprint density at radius 3 is 2.81 bits per heavy atom. The van der Waals surface area contributed by atoms with Crippen LogP contribution in [0.4, 0.5) is 15.8 Å². The van der Waals surface area contributed by atoms with Gasteiger partial charge in [0.05, 0.1) is 24.3 Å². The van der Waals surface area contributed by atoms with E-state index in [0.717, 1.165) is 48.6 Å². The average Bonchev–Trinajstić information content (AvgIpc) is 2.90. The molecular weight excluding hydrogens is 353 g/mol. The van der Waals surface area contributed by atoms with Gasteiger partial charge in [-0.2, -0.15) is 5.10 Å². The third-order valence-corrected chi connectivity index (χ3v) is 5.52. The Bertz CT molecular complexity index is 878. The molecule has 0 unspecified atom stereocenters. The van der Waals surface area contributed by atoms with Gasteiger partial charge in [0.25, 0.3) is 0 Å². The molecule has 3 heterocycles. The molecule has 0 bridgehead atoms. The fourth-order valence-electron chi connectivity index (χ4n) is 4.07. The molecule has 0 spiro atoms. The summed E-state index contributed by atoms with van der Waals surface area (Å²) in [4.78, 5) is 15.4. The number of aromatic nitrogens is 2. The SMILES string of the molecule is COc1cc2c(cc1[N+](=O)[O-])-c1cnn(C)c1CCN2C1CN(CCF)C1. The van der Waals surface area contributed by atoms with Crippen molar-refractivity contribution in [3.05, 3.63) is 34.1 Å². The normalized spacial score (nSPS) is 17.1. The van der Waals surface area contributed by atoms with E-state index in [2.05, 4.69) is 14.9 Å². The number of methoxy groups -OCH3 is 1. The summed E-state index contributed by atoms with van der Waals surface area (Å²) in [5.74, 6) is 0.246. The number of rotatable bonds is 5. The van der Waals surface area contributed by atoms with Crippen molar-refractivity contribution in [3.8, 4) is 16.9 Å². The minimum Gasteiger partial charge on any atom is -0.490 e. The topological polar surface area (TPSA) is 76.7 Å². The Kier molecular flexibility index (Phi) is 4.47. The number of benzene rings is 1. The second-order valence-electron chi connectivity index (χ2n) is 6.97. The Morgan fingerprint density at radius 1 is 1.37 bits per heavy atom. The van der Waals surface area contributed by atoms with E-state index in [1.807, 2.05) is 11.7 Å².